The molecule has 0 spiro atoms. The summed E-state index contributed by atoms with van der Waals surface area (Å²) in [6.07, 6.45) is 2.62. The van der Waals surface area contributed by atoms with Crippen LogP contribution in [-0.4, -0.2) is 28.8 Å². The summed E-state index contributed by atoms with van der Waals surface area (Å²) in [5, 5.41) is 23.3. The number of nitrogens with one attached hydrogen (secondary N) is 1. The van der Waals surface area contributed by atoms with Crippen LogP contribution < -0.4 is 5.32 Å². The van der Waals surface area contributed by atoms with Gasteiger partial charge in [0.05, 0.1) is 6.10 Å². The Kier molecular flexibility index (Phi) is 4.24. The summed E-state index contributed by atoms with van der Waals surface area (Å²) in [5.74, 6) is -0.359. The first-order valence-corrected chi connectivity index (χ1v) is 8.09. The van der Waals surface area contributed by atoms with Crippen molar-refractivity contribution < 1.29 is 15.0 Å². The number of fused-ring (bicyclic) bond motifs is 1. The number of carboxylic acid groups (broad SMARTS) is 1. The normalized spacial score (nSPS) is 22.0. The summed E-state index contributed by atoms with van der Waals surface area (Å²) < 4.78 is 1.02. The summed E-state index contributed by atoms with van der Waals surface area (Å²) in [7, 11) is 0. The molecule has 2 atom stereocenters. The van der Waals surface area contributed by atoms with Crippen LogP contribution in [0.1, 0.15) is 34.5 Å². The number of benzene rings is 1. The van der Waals surface area contributed by atoms with E-state index in [1.807, 2.05) is 24.3 Å². The van der Waals surface area contributed by atoms with Crippen LogP contribution in [-0.2, 0) is 6.54 Å². The van der Waals surface area contributed by atoms with Crippen molar-refractivity contribution in [1.82, 2.24) is 5.32 Å². The quantitative estimate of drug-likeness (QED) is 0.794. The van der Waals surface area contributed by atoms with E-state index in [0.717, 1.165) is 41.5 Å². The zero-order chi connectivity index (χ0) is 14.8. The first-order chi connectivity index (χ1) is 10.1. The van der Waals surface area contributed by atoms with Crippen LogP contribution in [0, 0.1) is 5.92 Å². The maximum atomic E-state index is 11.4. The van der Waals surface area contributed by atoms with Gasteiger partial charge in [-0.15, -0.1) is 11.3 Å². The first-order valence-electron chi connectivity index (χ1n) is 7.27. The summed E-state index contributed by atoms with van der Waals surface area (Å²) in [4.78, 5) is 11.8. The number of carboxylic acids is 1. The van der Waals surface area contributed by atoms with Gasteiger partial charge in [0.2, 0.25) is 0 Å². The van der Waals surface area contributed by atoms with E-state index in [0.29, 0.717) is 17.3 Å². The van der Waals surface area contributed by atoms with Crippen LogP contribution in [0.2, 0.25) is 0 Å². The van der Waals surface area contributed by atoms with Crippen LogP contribution in [0.5, 0.6) is 0 Å². The van der Waals surface area contributed by atoms with Crippen molar-refractivity contribution in [2.45, 2.75) is 31.9 Å². The number of carbonyl (C=O) groups is 1. The predicted molar refractivity (Wildman–Crippen MR) is 83.8 cm³/mol. The second-order valence-corrected chi connectivity index (χ2v) is 6.73. The van der Waals surface area contributed by atoms with Gasteiger partial charge in [-0.25, -0.2) is 4.79 Å². The average molecular weight is 305 g/mol. The van der Waals surface area contributed by atoms with E-state index in [-0.39, 0.29) is 6.10 Å². The maximum Gasteiger partial charge on any atom is 0.346 e. The molecular weight excluding hydrogens is 286 g/mol. The second-order valence-electron chi connectivity index (χ2n) is 5.67. The van der Waals surface area contributed by atoms with Gasteiger partial charge in [0.1, 0.15) is 4.88 Å². The molecule has 1 aliphatic carbocycles. The highest BCUT2D eigenvalue weighted by Gasteiger charge is 2.23. The Bertz CT molecular complexity index is 652. The Hall–Kier alpha value is -1.43. The van der Waals surface area contributed by atoms with Gasteiger partial charge in [-0.1, -0.05) is 18.2 Å². The topological polar surface area (TPSA) is 69.6 Å². The molecule has 4 nitrogen and oxygen atoms in total. The number of rotatable bonds is 5. The molecule has 1 aromatic carbocycles. The zero-order valence-electron chi connectivity index (χ0n) is 11.7. The maximum absolute atomic E-state index is 11.4. The number of aliphatic hydroxyl groups excluding tert-OH is 1. The SMILES string of the molecule is O=C(O)c1sc2ccccc2c1CNCC1CCC(O)C1. The fourth-order valence-corrected chi connectivity index (χ4v) is 4.14. The van der Waals surface area contributed by atoms with Gasteiger partial charge in [0, 0.05) is 11.2 Å². The zero-order valence-corrected chi connectivity index (χ0v) is 12.5. The minimum absolute atomic E-state index is 0.159. The molecule has 1 aliphatic rings. The number of aliphatic hydroxyl groups is 1. The number of hydrogen-bond acceptors (Lipinski definition) is 4. The lowest BCUT2D eigenvalue weighted by Gasteiger charge is -2.11. The smallest absolute Gasteiger partial charge is 0.346 e. The highest BCUT2D eigenvalue weighted by molar-refractivity contribution is 7.21. The Morgan fingerprint density at radius 2 is 2.14 bits per heavy atom. The van der Waals surface area contributed by atoms with Gasteiger partial charge in [-0.2, -0.15) is 0 Å². The monoisotopic (exact) mass is 305 g/mol. The summed E-state index contributed by atoms with van der Waals surface area (Å²) in [5.41, 5.74) is 0.877. The third-order valence-electron chi connectivity index (χ3n) is 4.14. The van der Waals surface area contributed by atoms with E-state index in [4.69, 9.17) is 0 Å². The highest BCUT2D eigenvalue weighted by Crippen LogP contribution is 2.31. The molecule has 3 N–H and O–H groups in total. The summed E-state index contributed by atoms with van der Waals surface area (Å²) in [6.45, 7) is 1.40. The minimum atomic E-state index is -0.857. The molecule has 21 heavy (non-hydrogen) atoms. The fourth-order valence-electron chi connectivity index (χ4n) is 3.08. The van der Waals surface area contributed by atoms with Gasteiger partial charge in [-0.05, 0) is 48.7 Å². The van der Waals surface area contributed by atoms with E-state index in [1.165, 1.54) is 11.3 Å². The van der Waals surface area contributed by atoms with Crippen molar-refractivity contribution >= 4 is 27.4 Å². The minimum Gasteiger partial charge on any atom is -0.477 e. The van der Waals surface area contributed by atoms with E-state index in [2.05, 4.69) is 5.32 Å². The highest BCUT2D eigenvalue weighted by atomic mass is 32.1. The predicted octanol–water partition coefficient (Wildman–Crippen LogP) is 2.85. The van der Waals surface area contributed by atoms with E-state index >= 15 is 0 Å². The van der Waals surface area contributed by atoms with Crippen LogP contribution in [0.25, 0.3) is 10.1 Å². The van der Waals surface area contributed by atoms with Crippen molar-refractivity contribution in [3.05, 3.63) is 34.7 Å². The van der Waals surface area contributed by atoms with E-state index < -0.39 is 5.97 Å². The van der Waals surface area contributed by atoms with Crippen molar-refractivity contribution in [2.75, 3.05) is 6.54 Å². The van der Waals surface area contributed by atoms with Crippen LogP contribution >= 0.6 is 11.3 Å². The third-order valence-corrected chi connectivity index (χ3v) is 5.34. The van der Waals surface area contributed by atoms with E-state index in [9.17, 15) is 15.0 Å². The molecule has 0 saturated heterocycles. The Labute approximate surface area is 127 Å². The lowest BCUT2D eigenvalue weighted by Crippen LogP contribution is -2.22. The van der Waals surface area contributed by atoms with Crippen molar-refractivity contribution in [3.63, 3.8) is 0 Å². The molecule has 0 bridgehead atoms. The molecule has 2 aromatic rings. The largest absolute Gasteiger partial charge is 0.477 e. The first kappa shape index (κ1) is 14.5. The second kappa shape index (κ2) is 6.13. The molecule has 1 fully saturated rings. The lowest BCUT2D eigenvalue weighted by atomic mass is 10.1. The Morgan fingerprint density at radius 3 is 2.86 bits per heavy atom. The van der Waals surface area contributed by atoms with E-state index in [1.54, 1.807) is 0 Å². The van der Waals surface area contributed by atoms with Crippen molar-refractivity contribution in [1.29, 1.82) is 0 Å². The van der Waals surface area contributed by atoms with Gasteiger partial charge >= 0.3 is 5.97 Å². The number of thiophene rings is 1. The molecule has 1 aromatic heterocycles. The Balaban J connectivity index is 1.73. The van der Waals surface area contributed by atoms with Gasteiger partial charge < -0.3 is 15.5 Å². The average Bonchev–Trinajstić information content (AvgIpc) is 3.03. The summed E-state index contributed by atoms with van der Waals surface area (Å²) in [6, 6.07) is 7.82. The molecule has 3 rings (SSSR count). The molecular formula is C16H19NO3S. The van der Waals surface area contributed by atoms with Crippen LogP contribution in [0.4, 0.5) is 0 Å². The van der Waals surface area contributed by atoms with Crippen molar-refractivity contribution in [3.8, 4) is 0 Å². The molecule has 1 heterocycles. The van der Waals surface area contributed by atoms with Crippen LogP contribution in [0.3, 0.4) is 0 Å². The third kappa shape index (κ3) is 3.10. The summed E-state index contributed by atoms with van der Waals surface area (Å²) >= 11 is 1.34. The van der Waals surface area contributed by atoms with Crippen LogP contribution in [0.15, 0.2) is 24.3 Å². The molecule has 2 unspecified atom stereocenters. The number of hydrogen-bond donors (Lipinski definition) is 3. The van der Waals surface area contributed by atoms with Gasteiger partial charge in [0.15, 0.2) is 0 Å². The van der Waals surface area contributed by atoms with Crippen molar-refractivity contribution in [2.24, 2.45) is 5.92 Å². The molecule has 0 amide bonds. The van der Waals surface area contributed by atoms with Gasteiger partial charge in [0.25, 0.3) is 0 Å². The number of aromatic carboxylic acids is 1. The molecule has 1 saturated carbocycles. The standard InChI is InChI=1S/C16H19NO3S/c18-11-6-5-10(7-11)8-17-9-13-12-3-1-2-4-14(12)21-15(13)16(19)20/h1-4,10-11,17-18H,5-9H2,(H,19,20). The fraction of sp³-hybridized carbons (Fsp3) is 0.438. The molecule has 0 radical (unpaired) electrons. The Morgan fingerprint density at radius 1 is 1.33 bits per heavy atom. The molecule has 112 valence electrons. The lowest BCUT2D eigenvalue weighted by molar-refractivity contribution is 0.0701. The molecule has 0 aliphatic heterocycles. The van der Waals surface area contributed by atoms with Gasteiger partial charge in [-0.3, -0.25) is 0 Å². The molecule has 5 heteroatoms.